The number of esters is 2. The Balaban J connectivity index is 1.87. The molecule has 1 aliphatic carbocycles. The number of rotatable bonds is 3. The lowest BCUT2D eigenvalue weighted by Gasteiger charge is -2.29. The third kappa shape index (κ3) is 2.61. The molecule has 0 aromatic rings. The van der Waals surface area contributed by atoms with Crippen molar-refractivity contribution in [3.8, 4) is 0 Å². The zero-order chi connectivity index (χ0) is 12.4. The van der Waals surface area contributed by atoms with E-state index in [1.54, 1.807) is 0 Å². The SMILES string of the molecule is CCC(C)C(=O)OC1CCC2COC(=O)C2C1. The third-order valence-corrected chi connectivity index (χ3v) is 3.99. The second kappa shape index (κ2) is 5.07. The molecule has 2 aliphatic rings. The highest BCUT2D eigenvalue weighted by Gasteiger charge is 2.42. The van der Waals surface area contributed by atoms with Gasteiger partial charge in [-0.3, -0.25) is 9.59 Å². The van der Waals surface area contributed by atoms with Crippen molar-refractivity contribution in [1.82, 2.24) is 0 Å². The van der Waals surface area contributed by atoms with Crippen LogP contribution in [0.15, 0.2) is 0 Å². The van der Waals surface area contributed by atoms with Crippen LogP contribution in [-0.2, 0) is 19.1 Å². The van der Waals surface area contributed by atoms with Crippen molar-refractivity contribution in [3.63, 3.8) is 0 Å². The molecule has 4 nitrogen and oxygen atoms in total. The molecule has 0 amide bonds. The highest BCUT2D eigenvalue weighted by Crippen LogP contribution is 2.37. The van der Waals surface area contributed by atoms with Gasteiger partial charge in [0.2, 0.25) is 0 Å². The molecule has 4 unspecified atom stereocenters. The molecule has 0 aromatic carbocycles. The van der Waals surface area contributed by atoms with Gasteiger partial charge in [0, 0.05) is 5.92 Å². The van der Waals surface area contributed by atoms with Crippen LogP contribution in [0, 0.1) is 17.8 Å². The molecule has 0 spiro atoms. The average molecular weight is 240 g/mol. The van der Waals surface area contributed by atoms with E-state index in [1.165, 1.54) is 0 Å². The molecule has 0 bridgehead atoms. The van der Waals surface area contributed by atoms with Gasteiger partial charge in [-0.1, -0.05) is 13.8 Å². The molecular formula is C13H20O4. The van der Waals surface area contributed by atoms with Crippen LogP contribution >= 0.6 is 0 Å². The van der Waals surface area contributed by atoms with Crippen molar-refractivity contribution in [3.05, 3.63) is 0 Å². The van der Waals surface area contributed by atoms with Gasteiger partial charge in [-0.05, 0) is 25.7 Å². The first-order valence-electron chi connectivity index (χ1n) is 6.49. The third-order valence-electron chi connectivity index (χ3n) is 3.99. The molecule has 0 N–H and O–H groups in total. The van der Waals surface area contributed by atoms with Gasteiger partial charge in [0.1, 0.15) is 6.10 Å². The van der Waals surface area contributed by atoms with E-state index in [0.29, 0.717) is 18.9 Å². The van der Waals surface area contributed by atoms with Gasteiger partial charge in [0.15, 0.2) is 0 Å². The smallest absolute Gasteiger partial charge is 0.309 e. The zero-order valence-corrected chi connectivity index (χ0v) is 10.5. The van der Waals surface area contributed by atoms with Crippen molar-refractivity contribution in [2.24, 2.45) is 17.8 Å². The maximum absolute atomic E-state index is 11.7. The number of cyclic esters (lactones) is 1. The van der Waals surface area contributed by atoms with Crippen molar-refractivity contribution in [1.29, 1.82) is 0 Å². The van der Waals surface area contributed by atoms with Crippen molar-refractivity contribution in [2.75, 3.05) is 6.61 Å². The second-order valence-electron chi connectivity index (χ2n) is 5.18. The van der Waals surface area contributed by atoms with Gasteiger partial charge >= 0.3 is 11.9 Å². The standard InChI is InChI=1S/C13H20O4/c1-3-8(2)12(14)17-10-5-4-9-7-16-13(15)11(9)6-10/h8-11H,3-7H2,1-2H3. The number of carbonyl (C=O) groups is 2. The summed E-state index contributed by atoms with van der Waals surface area (Å²) in [7, 11) is 0. The number of carbonyl (C=O) groups excluding carboxylic acids is 2. The number of ether oxygens (including phenoxy) is 2. The van der Waals surface area contributed by atoms with E-state index in [-0.39, 0.29) is 29.9 Å². The maximum atomic E-state index is 11.7. The minimum absolute atomic E-state index is 0.0431. The molecule has 17 heavy (non-hydrogen) atoms. The van der Waals surface area contributed by atoms with Gasteiger partial charge in [-0.2, -0.15) is 0 Å². The molecular weight excluding hydrogens is 220 g/mol. The van der Waals surface area contributed by atoms with Gasteiger partial charge < -0.3 is 9.47 Å². The van der Waals surface area contributed by atoms with Crippen LogP contribution < -0.4 is 0 Å². The monoisotopic (exact) mass is 240 g/mol. The Labute approximate surface area is 102 Å². The summed E-state index contributed by atoms with van der Waals surface area (Å²) in [5, 5.41) is 0. The number of hydrogen-bond donors (Lipinski definition) is 0. The van der Waals surface area contributed by atoms with E-state index >= 15 is 0 Å². The minimum Gasteiger partial charge on any atom is -0.465 e. The lowest BCUT2D eigenvalue weighted by Crippen LogP contribution is -2.33. The summed E-state index contributed by atoms with van der Waals surface area (Å²) in [5.41, 5.74) is 0. The molecule has 4 heteroatoms. The zero-order valence-electron chi connectivity index (χ0n) is 10.5. The first-order chi connectivity index (χ1) is 8.11. The first kappa shape index (κ1) is 12.4. The van der Waals surface area contributed by atoms with E-state index in [1.807, 2.05) is 13.8 Å². The summed E-state index contributed by atoms with van der Waals surface area (Å²) >= 11 is 0. The normalized spacial score (nSPS) is 33.8. The highest BCUT2D eigenvalue weighted by molar-refractivity contribution is 5.75. The molecule has 0 aromatic heterocycles. The molecule has 2 rings (SSSR count). The van der Waals surface area contributed by atoms with Crippen LogP contribution in [0.1, 0.15) is 39.5 Å². The summed E-state index contributed by atoms with van der Waals surface area (Å²) < 4.78 is 10.5. The first-order valence-corrected chi connectivity index (χ1v) is 6.49. The molecule has 1 aliphatic heterocycles. The summed E-state index contributed by atoms with van der Waals surface area (Å²) in [6.45, 7) is 4.39. The summed E-state index contributed by atoms with van der Waals surface area (Å²) in [6.07, 6.45) is 3.13. The summed E-state index contributed by atoms with van der Waals surface area (Å²) in [4.78, 5) is 23.1. The Kier molecular flexibility index (Phi) is 3.69. The molecule has 1 saturated heterocycles. The van der Waals surface area contributed by atoms with E-state index < -0.39 is 0 Å². The fourth-order valence-electron chi connectivity index (χ4n) is 2.53. The Hall–Kier alpha value is -1.06. The van der Waals surface area contributed by atoms with Crippen LogP contribution in [0.25, 0.3) is 0 Å². The van der Waals surface area contributed by atoms with Crippen molar-refractivity contribution >= 4 is 11.9 Å². The Morgan fingerprint density at radius 3 is 3.00 bits per heavy atom. The van der Waals surface area contributed by atoms with Gasteiger partial charge in [0.25, 0.3) is 0 Å². The fraction of sp³-hybridized carbons (Fsp3) is 0.846. The van der Waals surface area contributed by atoms with E-state index in [9.17, 15) is 9.59 Å². The van der Waals surface area contributed by atoms with E-state index in [2.05, 4.69) is 0 Å². The van der Waals surface area contributed by atoms with Crippen LogP contribution in [-0.4, -0.2) is 24.6 Å². The molecule has 96 valence electrons. The van der Waals surface area contributed by atoms with E-state index in [0.717, 1.165) is 19.3 Å². The van der Waals surface area contributed by atoms with Gasteiger partial charge in [-0.15, -0.1) is 0 Å². The topological polar surface area (TPSA) is 52.6 Å². The van der Waals surface area contributed by atoms with Crippen molar-refractivity contribution < 1.29 is 19.1 Å². The predicted octanol–water partition coefficient (Wildman–Crippen LogP) is 1.92. The molecule has 4 atom stereocenters. The predicted molar refractivity (Wildman–Crippen MR) is 61.1 cm³/mol. The number of fused-ring (bicyclic) bond motifs is 1. The van der Waals surface area contributed by atoms with Crippen LogP contribution in [0.2, 0.25) is 0 Å². The fourth-order valence-corrected chi connectivity index (χ4v) is 2.53. The lowest BCUT2D eigenvalue weighted by molar-refractivity contribution is -0.158. The second-order valence-corrected chi connectivity index (χ2v) is 5.18. The van der Waals surface area contributed by atoms with Crippen LogP contribution in [0.5, 0.6) is 0 Å². The average Bonchev–Trinajstić information content (AvgIpc) is 2.70. The van der Waals surface area contributed by atoms with Crippen LogP contribution in [0.3, 0.4) is 0 Å². The highest BCUT2D eigenvalue weighted by atomic mass is 16.6. The van der Waals surface area contributed by atoms with E-state index in [4.69, 9.17) is 9.47 Å². The maximum Gasteiger partial charge on any atom is 0.309 e. The van der Waals surface area contributed by atoms with Crippen molar-refractivity contribution in [2.45, 2.75) is 45.6 Å². The molecule has 1 saturated carbocycles. The largest absolute Gasteiger partial charge is 0.465 e. The Morgan fingerprint density at radius 1 is 1.53 bits per heavy atom. The number of hydrogen-bond acceptors (Lipinski definition) is 4. The molecule has 0 radical (unpaired) electrons. The lowest BCUT2D eigenvalue weighted by atomic mass is 9.80. The quantitative estimate of drug-likeness (QED) is 0.707. The Morgan fingerprint density at radius 2 is 2.29 bits per heavy atom. The van der Waals surface area contributed by atoms with Gasteiger partial charge in [0.05, 0.1) is 18.4 Å². The van der Waals surface area contributed by atoms with Crippen LogP contribution in [0.4, 0.5) is 0 Å². The Bertz CT molecular complexity index is 313. The molecule has 2 fully saturated rings. The molecule has 1 heterocycles. The summed E-state index contributed by atoms with van der Waals surface area (Å²) in [5.74, 6) is 0.00406. The minimum atomic E-state index is -0.137. The van der Waals surface area contributed by atoms with Gasteiger partial charge in [-0.25, -0.2) is 0 Å². The summed E-state index contributed by atoms with van der Waals surface area (Å²) in [6, 6.07) is 0.